The van der Waals surface area contributed by atoms with Gasteiger partial charge in [-0.05, 0) is 24.8 Å². The fourth-order valence-electron chi connectivity index (χ4n) is 3.38. The molecule has 1 amide bonds. The Morgan fingerprint density at radius 1 is 1.39 bits per heavy atom. The number of nitrogens with two attached hydrogens (primary N) is 1. The Bertz CT molecular complexity index is 661. The highest BCUT2D eigenvalue weighted by atomic mass is 19.1. The van der Waals surface area contributed by atoms with Crippen LogP contribution in [0.1, 0.15) is 19.8 Å². The summed E-state index contributed by atoms with van der Waals surface area (Å²) >= 11 is 0. The van der Waals surface area contributed by atoms with Gasteiger partial charge in [-0.25, -0.2) is 9.38 Å². The average Bonchev–Trinajstić information content (AvgIpc) is 2.53. The summed E-state index contributed by atoms with van der Waals surface area (Å²) in [7, 11) is 1.63. The first-order valence-corrected chi connectivity index (χ1v) is 7.90. The lowest BCUT2D eigenvalue weighted by Crippen LogP contribution is -2.49. The number of rotatable bonds is 2. The molecule has 0 aromatic heterocycles. The third kappa shape index (κ3) is 2.87. The van der Waals surface area contributed by atoms with Crippen molar-refractivity contribution in [2.24, 2.45) is 22.6 Å². The number of hydrogen-bond acceptors (Lipinski definition) is 3. The van der Waals surface area contributed by atoms with Gasteiger partial charge in [0, 0.05) is 13.0 Å². The van der Waals surface area contributed by atoms with Crippen molar-refractivity contribution < 1.29 is 9.18 Å². The van der Waals surface area contributed by atoms with Gasteiger partial charge in [0.2, 0.25) is 5.91 Å². The number of alkyl halides is 1. The maximum Gasteiger partial charge on any atom is 0.231 e. The van der Waals surface area contributed by atoms with Gasteiger partial charge in [-0.15, -0.1) is 0 Å². The molecule has 2 aliphatic carbocycles. The summed E-state index contributed by atoms with van der Waals surface area (Å²) < 4.78 is 14.2. The van der Waals surface area contributed by atoms with E-state index >= 15 is 0 Å². The zero-order valence-corrected chi connectivity index (χ0v) is 13.4. The molecule has 0 aromatic rings. The smallest absolute Gasteiger partial charge is 0.231 e. The molecular weight excluding hydrogens is 293 g/mol. The van der Waals surface area contributed by atoms with Gasteiger partial charge < -0.3 is 5.73 Å². The molecule has 23 heavy (non-hydrogen) atoms. The van der Waals surface area contributed by atoms with Gasteiger partial charge >= 0.3 is 0 Å². The summed E-state index contributed by atoms with van der Waals surface area (Å²) in [4.78, 5) is 18.0. The van der Waals surface area contributed by atoms with Crippen LogP contribution in [0.3, 0.4) is 0 Å². The highest BCUT2D eigenvalue weighted by Gasteiger charge is 2.38. The van der Waals surface area contributed by atoms with E-state index in [-0.39, 0.29) is 30.1 Å². The molecule has 0 bridgehead atoms. The number of aliphatic imine (C=N–C) groups is 1. The summed E-state index contributed by atoms with van der Waals surface area (Å²) in [5, 5.41) is 0. The lowest BCUT2D eigenvalue weighted by atomic mass is 9.76. The molecule has 0 radical (unpaired) electrons. The maximum absolute atomic E-state index is 14.2. The Labute approximate surface area is 135 Å². The predicted octanol–water partition coefficient (Wildman–Crippen LogP) is 2.50. The molecule has 5 heteroatoms. The van der Waals surface area contributed by atoms with E-state index in [4.69, 9.17) is 5.73 Å². The van der Waals surface area contributed by atoms with Crippen LogP contribution < -0.4 is 5.73 Å². The molecule has 0 fully saturated rings. The lowest BCUT2D eigenvalue weighted by molar-refractivity contribution is -0.128. The molecule has 3 aliphatic rings. The molecule has 3 rings (SSSR count). The Balaban J connectivity index is 1.90. The topological polar surface area (TPSA) is 58.7 Å². The van der Waals surface area contributed by atoms with Crippen molar-refractivity contribution in [3.63, 3.8) is 0 Å². The van der Waals surface area contributed by atoms with E-state index in [1.54, 1.807) is 19.2 Å². The number of allylic oxidation sites excluding steroid dienone is 6. The quantitative estimate of drug-likeness (QED) is 0.851. The number of guanidine groups is 1. The third-order valence-corrected chi connectivity index (χ3v) is 4.90. The number of nitrogens with zero attached hydrogens (tertiary/aromatic N) is 2. The zero-order valence-electron chi connectivity index (χ0n) is 13.4. The van der Waals surface area contributed by atoms with E-state index in [1.165, 1.54) is 4.90 Å². The van der Waals surface area contributed by atoms with Crippen molar-refractivity contribution in [1.29, 1.82) is 0 Å². The summed E-state index contributed by atoms with van der Waals surface area (Å²) in [5.41, 5.74) is 6.13. The minimum atomic E-state index is -0.977. The Morgan fingerprint density at radius 2 is 2.13 bits per heavy atom. The van der Waals surface area contributed by atoms with Gasteiger partial charge in [0.15, 0.2) is 5.96 Å². The average molecular weight is 315 g/mol. The first-order valence-electron chi connectivity index (χ1n) is 7.90. The Kier molecular flexibility index (Phi) is 3.96. The van der Waals surface area contributed by atoms with Crippen molar-refractivity contribution in [3.05, 3.63) is 48.1 Å². The van der Waals surface area contributed by atoms with Crippen LogP contribution in [0.25, 0.3) is 0 Å². The first-order chi connectivity index (χ1) is 10.9. The van der Waals surface area contributed by atoms with Gasteiger partial charge in [0.1, 0.15) is 6.17 Å². The van der Waals surface area contributed by atoms with Gasteiger partial charge in [-0.3, -0.25) is 9.69 Å². The molecule has 0 saturated heterocycles. The second kappa shape index (κ2) is 5.80. The van der Waals surface area contributed by atoms with Gasteiger partial charge in [-0.2, -0.15) is 0 Å². The van der Waals surface area contributed by atoms with E-state index in [2.05, 4.69) is 11.1 Å². The van der Waals surface area contributed by atoms with Crippen LogP contribution in [0, 0.1) is 11.8 Å². The van der Waals surface area contributed by atoms with Crippen molar-refractivity contribution in [3.8, 4) is 0 Å². The van der Waals surface area contributed by atoms with Crippen LogP contribution in [0.15, 0.2) is 53.1 Å². The van der Waals surface area contributed by atoms with E-state index in [0.717, 1.165) is 12.0 Å². The van der Waals surface area contributed by atoms with Crippen LogP contribution in [0.2, 0.25) is 0 Å². The number of carbonyl (C=O) groups excluding carboxylic acids is 1. The molecule has 1 aliphatic heterocycles. The minimum absolute atomic E-state index is 0.0553. The van der Waals surface area contributed by atoms with E-state index in [9.17, 15) is 9.18 Å². The van der Waals surface area contributed by atoms with Gasteiger partial charge in [-0.1, -0.05) is 42.5 Å². The molecule has 4 atom stereocenters. The fourth-order valence-corrected chi connectivity index (χ4v) is 3.38. The summed E-state index contributed by atoms with van der Waals surface area (Å²) in [6, 6.07) is 0. The summed E-state index contributed by atoms with van der Waals surface area (Å²) in [6.45, 7) is 1.91. The van der Waals surface area contributed by atoms with Gasteiger partial charge in [0.25, 0.3) is 0 Å². The number of hydrogen-bond donors (Lipinski definition) is 1. The largest absolute Gasteiger partial charge is 0.369 e. The monoisotopic (exact) mass is 315 g/mol. The van der Waals surface area contributed by atoms with Gasteiger partial charge in [0.05, 0.1) is 12.0 Å². The number of carbonyl (C=O) groups is 1. The fraction of sp³-hybridized carbons (Fsp3) is 0.444. The van der Waals surface area contributed by atoms with Crippen molar-refractivity contribution in [1.82, 2.24) is 4.90 Å². The van der Waals surface area contributed by atoms with E-state index in [0.29, 0.717) is 0 Å². The molecule has 1 heterocycles. The highest BCUT2D eigenvalue weighted by Crippen LogP contribution is 2.37. The number of amides is 1. The molecule has 4 nitrogen and oxygen atoms in total. The van der Waals surface area contributed by atoms with Crippen molar-refractivity contribution >= 4 is 11.9 Å². The molecule has 4 unspecified atom stereocenters. The Hall–Kier alpha value is -2.17. The third-order valence-electron chi connectivity index (χ3n) is 4.90. The maximum atomic E-state index is 14.2. The van der Waals surface area contributed by atoms with E-state index in [1.807, 2.05) is 31.2 Å². The van der Waals surface area contributed by atoms with Crippen molar-refractivity contribution in [2.75, 3.05) is 7.05 Å². The molecular formula is C18H22FN3O. The normalized spacial score (nSPS) is 36.9. The lowest BCUT2D eigenvalue weighted by Gasteiger charge is -2.36. The van der Waals surface area contributed by atoms with Crippen LogP contribution >= 0.6 is 0 Å². The number of halogens is 1. The SMILES string of the molecule is CN1C(=O)CC(C)(C2=CC(C3C=CC=CC3F)CC=C2)N=C1N. The minimum Gasteiger partial charge on any atom is -0.369 e. The summed E-state index contributed by atoms with van der Waals surface area (Å²) in [5.74, 6) is 0.0605. The first kappa shape index (κ1) is 15.7. The predicted molar refractivity (Wildman–Crippen MR) is 89.4 cm³/mol. The molecule has 0 aromatic carbocycles. The highest BCUT2D eigenvalue weighted by molar-refractivity contribution is 5.99. The second-order valence-corrected chi connectivity index (χ2v) is 6.59. The molecule has 0 saturated carbocycles. The van der Waals surface area contributed by atoms with Crippen LogP contribution in [0.5, 0.6) is 0 Å². The molecule has 0 spiro atoms. The van der Waals surface area contributed by atoms with Crippen LogP contribution in [-0.2, 0) is 4.79 Å². The molecule has 122 valence electrons. The second-order valence-electron chi connectivity index (χ2n) is 6.59. The van der Waals surface area contributed by atoms with Crippen LogP contribution in [0.4, 0.5) is 4.39 Å². The Morgan fingerprint density at radius 3 is 2.83 bits per heavy atom. The zero-order chi connectivity index (χ0) is 16.6. The standard InChI is InChI=1S/C18H22FN3O/c1-18(11-16(23)22(2)17(20)21-18)13-7-5-6-12(10-13)14-8-3-4-9-15(14)19/h3-5,7-10,12,14-15H,6,11H2,1-2H3,(H2,20,21). The van der Waals surface area contributed by atoms with Crippen molar-refractivity contribution in [2.45, 2.75) is 31.5 Å². The summed E-state index contributed by atoms with van der Waals surface area (Å²) in [6.07, 6.45) is 13.3. The van der Waals surface area contributed by atoms with E-state index < -0.39 is 11.7 Å². The van der Waals surface area contributed by atoms with Crippen LogP contribution in [-0.4, -0.2) is 35.5 Å². The molecule has 2 N–H and O–H groups in total.